The molecule has 116 valence electrons. The highest BCUT2D eigenvalue weighted by molar-refractivity contribution is 9.10. The van der Waals surface area contributed by atoms with Crippen LogP contribution in [0.4, 0.5) is 4.39 Å². The molecule has 0 radical (unpaired) electrons. The van der Waals surface area contributed by atoms with Crippen molar-refractivity contribution in [3.05, 3.63) is 77.0 Å². The number of halogens is 2. The van der Waals surface area contributed by atoms with Gasteiger partial charge in [-0.25, -0.2) is 12.8 Å². The summed E-state index contributed by atoms with van der Waals surface area (Å²) in [6, 6.07) is 13.0. The molecule has 0 heterocycles. The lowest BCUT2D eigenvalue weighted by molar-refractivity contribution is 0.433. The quantitative estimate of drug-likeness (QED) is 0.707. The minimum Gasteiger partial charge on any atom is -0.207 e. The minimum absolute atomic E-state index is 0.100. The summed E-state index contributed by atoms with van der Waals surface area (Å²) in [7, 11) is -3.96. The first-order chi connectivity index (χ1) is 10.4. The van der Waals surface area contributed by atoms with E-state index >= 15 is 0 Å². The summed E-state index contributed by atoms with van der Waals surface area (Å²) in [4.78, 5) is -0.348. The highest BCUT2D eigenvalue weighted by Crippen LogP contribution is 2.24. The minimum atomic E-state index is -3.96. The average Bonchev–Trinajstić information content (AvgIpc) is 2.50. The molecule has 0 N–H and O–H groups in total. The van der Waals surface area contributed by atoms with Gasteiger partial charge in [0.05, 0.1) is 0 Å². The zero-order valence-electron chi connectivity index (χ0n) is 11.7. The second-order valence-electron chi connectivity index (χ2n) is 4.65. The van der Waals surface area contributed by atoms with Gasteiger partial charge in [0, 0.05) is 17.6 Å². The molecular weight excluding hydrogens is 369 g/mol. The van der Waals surface area contributed by atoms with E-state index in [0.29, 0.717) is 4.47 Å². The first-order valence-electron chi connectivity index (χ1n) is 6.55. The molecule has 0 aliphatic carbocycles. The molecule has 6 heteroatoms. The molecular formula is C16H15BrFNO2S. The van der Waals surface area contributed by atoms with Crippen molar-refractivity contribution in [2.24, 2.45) is 0 Å². The lowest BCUT2D eigenvalue weighted by Crippen LogP contribution is -2.31. The van der Waals surface area contributed by atoms with Crippen LogP contribution < -0.4 is 0 Å². The van der Waals surface area contributed by atoms with E-state index in [9.17, 15) is 12.8 Å². The molecule has 0 atom stereocenters. The van der Waals surface area contributed by atoms with Crippen LogP contribution in [-0.2, 0) is 16.6 Å². The average molecular weight is 384 g/mol. The summed E-state index contributed by atoms with van der Waals surface area (Å²) in [5.74, 6) is -0.773. The number of rotatable bonds is 6. The molecule has 22 heavy (non-hydrogen) atoms. The molecule has 0 amide bonds. The number of nitrogens with zero attached hydrogens (tertiary/aromatic N) is 1. The first kappa shape index (κ1) is 16.9. The van der Waals surface area contributed by atoms with E-state index in [1.807, 2.05) is 30.3 Å². The third-order valence-corrected chi connectivity index (χ3v) is 5.37. The van der Waals surface area contributed by atoms with Gasteiger partial charge < -0.3 is 0 Å². The van der Waals surface area contributed by atoms with Gasteiger partial charge in [0.1, 0.15) is 10.7 Å². The maximum Gasteiger partial charge on any atom is 0.246 e. The van der Waals surface area contributed by atoms with E-state index < -0.39 is 15.8 Å². The first-order valence-corrected chi connectivity index (χ1v) is 8.78. The fourth-order valence-electron chi connectivity index (χ4n) is 1.99. The summed E-state index contributed by atoms with van der Waals surface area (Å²) < 4.78 is 41.1. The Labute approximate surface area is 138 Å². The molecule has 0 saturated carbocycles. The second-order valence-corrected chi connectivity index (χ2v) is 7.47. The third-order valence-electron chi connectivity index (χ3n) is 3.05. The van der Waals surface area contributed by atoms with Gasteiger partial charge in [0.2, 0.25) is 10.0 Å². The van der Waals surface area contributed by atoms with Gasteiger partial charge >= 0.3 is 0 Å². The summed E-state index contributed by atoms with van der Waals surface area (Å²) >= 11 is 3.17. The van der Waals surface area contributed by atoms with Crippen LogP contribution in [0, 0.1) is 5.82 Å². The van der Waals surface area contributed by atoms with Gasteiger partial charge in [-0.1, -0.05) is 52.3 Å². The van der Waals surface area contributed by atoms with Crippen molar-refractivity contribution in [2.75, 3.05) is 6.54 Å². The molecule has 0 aliphatic rings. The van der Waals surface area contributed by atoms with Crippen molar-refractivity contribution in [3.63, 3.8) is 0 Å². The van der Waals surface area contributed by atoms with E-state index in [-0.39, 0.29) is 18.0 Å². The Morgan fingerprint density at radius 3 is 2.50 bits per heavy atom. The zero-order valence-corrected chi connectivity index (χ0v) is 14.1. The maximum atomic E-state index is 14.0. The highest BCUT2D eigenvalue weighted by atomic mass is 79.9. The van der Waals surface area contributed by atoms with Gasteiger partial charge in [0.25, 0.3) is 0 Å². The van der Waals surface area contributed by atoms with Crippen LogP contribution in [0.5, 0.6) is 0 Å². The predicted molar refractivity (Wildman–Crippen MR) is 88.3 cm³/mol. The van der Waals surface area contributed by atoms with Gasteiger partial charge in [-0.3, -0.25) is 0 Å². The van der Waals surface area contributed by atoms with Crippen LogP contribution in [0.2, 0.25) is 0 Å². The number of benzene rings is 2. The highest BCUT2D eigenvalue weighted by Gasteiger charge is 2.27. The molecule has 0 unspecified atom stereocenters. The van der Waals surface area contributed by atoms with Gasteiger partial charge in [-0.15, -0.1) is 6.58 Å². The van der Waals surface area contributed by atoms with Crippen molar-refractivity contribution >= 4 is 26.0 Å². The van der Waals surface area contributed by atoms with Gasteiger partial charge in [-0.05, 0) is 23.8 Å². The van der Waals surface area contributed by atoms with Crippen molar-refractivity contribution < 1.29 is 12.8 Å². The monoisotopic (exact) mass is 383 g/mol. The molecule has 0 fully saturated rings. The standard InChI is InChI=1S/C16H15BrFNO2S/c1-2-10-19(12-13-6-4-3-5-7-13)22(20,21)16-11-14(17)8-9-15(16)18/h2-9,11H,1,10,12H2. The molecule has 3 nitrogen and oxygen atoms in total. The second kappa shape index (κ2) is 7.17. The number of hydrogen-bond donors (Lipinski definition) is 0. The maximum absolute atomic E-state index is 14.0. The molecule has 0 aromatic heterocycles. The summed E-state index contributed by atoms with van der Waals surface area (Å²) in [6.45, 7) is 3.83. The lowest BCUT2D eigenvalue weighted by Gasteiger charge is -2.21. The molecule has 2 aromatic carbocycles. The van der Waals surface area contributed by atoms with Crippen molar-refractivity contribution in [2.45, 2.75) is 11.4 Å². The van der Waals surface area contributed by atoms with Crippen LogP contribution in [0.25, 0.3) is 0 Å². The molecule has 0 spiro atoms. The Morgan fingerprint density at radius 2 is 1.86 bits per heavy atom. The smallest absolute Gasteiger partial charge is 0.207 e. The molecule has 0 aliphatic heterocycles. The zero-order chi connectivity index (χ0) is 16.2. The van der Waals surface area contributed by atoms with E-state index in [1.54, 1.807) is 0 Å². The van der Waals surface area contributed by atoms with Gasteiger partial charge in [-0.2, -0.15) is 4.31 Å². The Hall–Kier alpha value is -1.50. The predicted octanol–water partition coefficient (Wildman–Crippen LogP) is 3.97. The lowest BCUT2D eigenvalue weighted by atomic mass is 10.2. The van der Waals surface area contributed by atoms with E-state index in [2.05, 4.69) is 22.5 Å². The molecule has 0 saturated heterocycles. The summed E-state index contributed by atoms with van der Waals surface area (Å²) in [5.41, 5.74) is 0.823. The molecule has 2 aromatic rings. The number of hydrogen-bond acceptors (Lipinski definition) is 2. The van der Waals surface area contributed by atoms with Gasteiger partial charge in [0.15, 0.2) is 0 Å². The van der Waals surface area contributed by atoms with Crippen LogP contribution in [0.1, 0.15) is 5.56 Å². The largest absolute Gasteiger partial charge is 0.246 e. The van der Waals surface area contributed by atoms with Crippen LogP contribution in [0.15, 0.2) is 70.6 Å². The van der Waals surface area contributed by atoms with Crippen molar-refractivity contribution in [1.82, 2.24) is 4.31 Å². The van der Waals surface area contributed by atoms with Crippen molar-refractivity contribution in [1.29, 1.82) is 0 Å². The topological polar surface area (TPSA) is 37.4 Å². The Bertz CT molecular complexity index is 763. The van der Waals surface area contributed by atoms with Crippen LogP contribution in [-0.4, -0.2) is 19.3 Å². The normalized spacial score (nSPS) is 11.6. The van der Waals surface area contributed by atoms with E-state index in [4.69, 9.17) is 0 Å². The van der Waals surface area contributed by atoms with E-state index in [1.165, 1.54) is 22.5 Å². The summed E-state index contributed by atoms with van der Waals surface area (Å²) in [6.07, 6.45) is 1.48. The fourth-order valence-corrected chi connectivity index (χ4v) is 3.99. The molecule has 0 bridgehead atoms. The SMILES string of the molecule is C=CCN(Cc1ccccc1)S(=O)(=O)c1cc(Br)ccc1F. The van der Waals surface area contributed by atoms with Crippen LogP contribution in [0.3, 0.4) is 0 Å². The Kier molecular flexibility index (Phi) is 5.50. The van der Waals surface area contributed by atoms with Crippen molar-refractivity contribution in [3.8, 4) is 0 Å². The Morgan fingerprint density at radius 1 is 1.18 bits per heavy atom. The van der Waals surface area contributed by atoms with E-state index in [0.717, 1.165) is 11.6 Å². The molecule has 2 rings (SSSR count). The third kappa shape index (κ3) is 3.82. The number of sulfonamides is 1. The van der Waals surface area contributed by atoms with Crippen LogP contribution >= 0.6 is 15.9 Å². The fraction of sp³-hybridized carbons (Fsp3) is 0.125. The summed E-state index contributed by atoms with van der Waals surface area (Å²) in [5, 5.41) is 0. The Balaban J connectivity index is 2.42.